The molecule has 0 radical (unpaired) electrons. The highest BCUT2D eigenvalue weighted by Crippen LogP contribution is 2.34. The number of hydrogen-bond donors (Lipinski definition) is 2. The summed E-state index contributed by atoms with van der Waals surface area (Å²) in [5, 5.41) is 3.19. The Bertz CT molecular complexity index is 1250. The van der Waals surface area contributed by atoms with Gasteiger partial charge < -0.3 is 19.9 Å². The fourth-order valence-corrected chi connectivity index (χ4v) is 4.27. The number of benzene rings is 3. The maximum atomic E-state index is 5.39. The molecule has 0 aliphatic carbocycles. The Morgan fingerprint density at radius 2 is 1.47 bits per heavy atom. The van der Waals surface area contributed by atoms with Gasteiger partial charge in [0.05, 0.1) is 18.0 Å². The molecular formula is C31H36N4O. The van der Waals surface area contributed by atoms with E-state index < -0.39 is 0 Å². The number of aromatic amines is 1. The Balaban J connectivity index is 1.70. The van der Waals surface area contributed by atoms with E-state index in [1.807, 2.05) is 20.0 Å². The van der Waals surface area contributed by atoms with E-state index in [9.17, 15) is 0 Å². The van der Waals surface area contributed by atoms with Gasteiger partial charge in [-0.25, -0.2) is 4.98 Å². The quantitative estimate of drug-likeness (QED) is 0.220. The lowest BCUT2D eigenvalue weighted by Gasteiger charge is -2.21. The van der Waals surface area contributed by atoms with Crippen molar-refractivity contribution in [2.24, 2.45) is 0 Å². The van der Waals surface area contributed by atoms with Gasteiger partial charge in [0.1, 0.15) is 5.82 Å². The van der Waals surface area contributed by atoms with E-state index in [2.05, 4.69) is 108 Å². The Morgan fingerprint density at radius 1 is 0.833 bits per heavy atom. The predicted molar refractivity (Wildman–Crippen MR) is 154 cm³/mol. The molecule has 0 aliphatic heterocycles. The Kier molecular flexibility index (Phi) is 8.58. The Morgan fingerprint density at radius 3 is 2.08 bits per heavy atom. The van der Waals surface area contributed by atoms with Crippen molar-refractivity contribution >= 4 is 17.5 Å². The molecule has 5 heteroatoms. The number of hydrogen-bond acceptors (Lipinski definition) is 4. The molecule has 0 amide bonds. The lowest BCUT2D eigenvalue weighted by atomic mass is 10.0. The number of imidazole rings is 1. The molecule has 186 valence electrons. The first-order chi connectivity index (χ1) is 17.7. The average Bonchev–Trinajstić information content (AvgIpc) is 3.38. The molecular weight excluding hydrogens is 444 g/mol. The molecule has 0 bridgehead atoms. The minimum Gasteiger partial charge on any atom is -0.388 e. The molecule has 1 aromatic heterocycles. The van der Waals surface area contributed by atoms with E-state index in [-0.39, 0.29) is 0 Å². The van der Waals surface area contributed by atoms with Crippen molar-refractivity contribution in [1.82, 2.24) is 9.97 Å². The van der Waals surface area contributed by atoms with E-state index >= 15 is 0 Å². The van der Waals surface area contributed by atoms with Crippen LogP contribution in [0, 0.1) is 0 Å². The SMILES string of the molecule is CCOCC=Cc1ccc(-c2nc(-c3ccc(N(CC)CC)cc3)c(-c3ccc(NC)cc3)[nH]2)cc1. The van der Waals surface area contributed by atoms with Gasteiger partial charge in [-0.1, -0.05) is 60.7 Å². The fourth-order valence-electron chi connectivity index (χ4n) is 4.27. The second-order valence-electron chi connectivity index (χ2n) is 8.54. The minimum atomic E-state index is 0.628. The maximum Gasteiger partial charge on any atom is 0.138 e. The molecule has 0 aliphatic rings. The zero-order chi connectivity index (χ0) is 25.3. The largest absolute Gasteiger partial charge is 0.388 e. The summed E-state index contributed by atoms with van der Waals surface area (Å²) < 4.78 is 5.39. The molecule has 4 aromatic rings. The lowest BCUT2D eigenvalue weighted by molar-refractivity contribution is 0.178. The van der Waals surface area contributed by atoms with Gasteiger partial charge in [0.15, 0.2) is 0 Å². The van der Waals surface area contributed by atoms with Gasteiger partial charge in [-0.15, -0.1) is 0 Å². The Hall–Kier alpha value is -3.83. The molecule has 2 N–H and O–H groups in total. The molecule has 5 nitrogen and oxygen atoms in total. The van der Waals surface area contributed by atoms with Gasteiger partial charge in [0.2, 0.25) is 0 Å². The maximum absolute atomic E-state index is 5.39. The van der Waals surface area contributed by atoms with Gasteiger partial charge >= 0.3 is 0 Å². The number of rotatable bonds is 11. The molecule has 36 heavy (non-hydrogen) atoms. The summed E-state index contributed by atoms with van der Waals surface area (Å²) >= 11 is 0. The summed E-state index contributed by atoms with van der Waals surface area (Å²) in [5.74, 6) is 0.857. The third-order valence-electron chi connectivity index (χ3n) is 6.35. The van der Waals surface area contributed by atoms with Crippen molar-refractivity contribution in [2.45, 2.75) is 20.8 Å². The second kappa shape index (κ2) is 12.2. The standard InChI is InChI=1S/C31H36N4O/c1-5-35(6-2)28-20-16-25(17-21-28)30-29(24-14-18-27(32-4)19-15-24)33-31(34-30)26-12-10-23(11-13-26)9-8-22-36-7-3/h8-21,32H,5-7,22H2,1-4H3,(H,33,34). The fraction of sp³-hybridized carbons (Fsp3) is 0.258. The summed E-state index contributed by atoms with van der Waals surface area (Å²) in [7, 11) is 1.93. The second-order valence-corrected chi connectivity index (χ2v) is 8.54. The first kappa shape index (κ1) is 25.3. The summed E-state index contributed by atoms with van der Waals surface area (Å²) in [5.41, 5.74) is 8.67. The van der Waals surface area contributed by atoms with Crippen LogP contribution in [0.4, 0.5) is 11.4 Å². The van der Waals surface area contributed by atoms with Gasteiger partial charge in [-0.05, 0) is 50.6 Å². The van der Waals surface area contributed by atoms with Crippen LogP contribution in [0.15, 0.2) is 78.9 Å². The van der Waals surface area contributed by atoms with Crippen LogP contribution < -0.4 is 10.2 Å². The summed E-state index contributed by atoms with van der Waals surface area (Å²) in [4.78, 5) is 11.0. The van der Waals surface area contributed by atoms with Gasteiger partial charge in [-0.3, -0.25) is 0 Å². The highest BCUT2D eigenvalue weighted by Gasteiger charge is 2.16. The molecule has 0 saturated heterocycles. The molecule has 1 heterocycles. The minimum absolute atomic E-state index is 0.628. The molecule has 0 unspecified atom stereocenters. The van der Waals surface area contributed by atoms with Gasteiger partial charge in [0.25, 0.3) is 0 Å². The van der Waals surface area contributed by atoms with E-state index in [0.29, 0.717) is 6.61 Å². The molecule has 0 fully saturated rings. The van der Waals surface area contributed by atoms with Gasteiger partial charge in [0, 0.05) is 54.8 Å². The number of aromatic nitrogens is 2. The first-order valence-electron chi connectivity index (χ1n) is 12.7. The smallest absolute Gasteiger partial charge is 0.138 e. The summed E-state index contributed by atoms with van der Waals surface area (Å²) in [6.07, 6.45) is 4.12. The third kappa shape index (κ3) is 5.86. The number of ether oxygens (including phenoxy) is 1. The number of nitrogens with one attached hydrogen (secondary N) is 2. The molecule has 0 spiro atoms. The number of nitrogens with zero attached hydrogens (tertiary/aromatic N) is 2. The zero-order valence-electron chi connectivity index (χ0n) is 21.7. The van der Waals surface area contributed by atoms with Crippen LogP contribution in [0.3, 0.4) is 0 Å². The van der Waals surface area contributed by atoms with E-state index in [1.54, 1.807) is 0 Å². The van der Waals surface area contributed by atoms with Gasteiger partial charge in [-0.2, -0.15) is 0 Å². The topological polar surface area (TPSA) is 53.2 Å². The number of anilines is 2. The normalized spacial score (nSPS) is 11.2. The molecule has 0 atom stereocenters. The van der Waals surface area contributed by atoms with Crippen molar-refractivity contribution in [3.05, 3.63) is 84.4 Å². The zero-order valence-corrected chi connectivity index (χ0v) is 21.7. The highest BCUT2D eigenvalue weighted by atomic mass is 16.5. The van der Waals surface area contributed by atoms with Crippen molar-refractivity contribution in [1.29, 1.82) is 0 Å². The van der Waals surface area contributed by atoms with Crippen LogP contribution in [0.1, 0.15) is 26.3 Å². The van der Waals surface area contributed by atoms with Crippen molar-refractivity contribution in [3.63, 3.8) is 0 Å². The molecule has 0 saturated carbocycles. The molecule has 3 aromatic carbocycles. The van der Waals surface area contributed by atoms with Crippen molar-refractivity contribution in [2.75, 3.05) is 43.6 Å². The number of H-pyrrole nitrogens is 1. The summed E-state index contributed by atoms with van der Waals surface area (Å²) in [6.45, 7) is 9.70. The van der Waals surface area contributed by atoms with Crippen LogP contribution in [-0.2, 0) is 4.74 Å². The van der Waals surface area contributed by atoms with E-state index in [0.717, 1.165) is 64.8 Å². The summed E-state index contributed by atoms with van der Waals surface area (Å²) in [6, 6.07) is 25.6. The van der Waals surface area contributed by atoms with Crippen molar-refractivity contribution < 1.29 is 4.74 Å². The molecule has 4 rings (SSSR count). The Labute approximate surface area is 214 Å². The monoisotopic (exact) mass is 480 g/mol. The van der Waals surface area contributed by atoms with E-state index in [4.69, 9.17) is 9.72 Å². The lowest BCUT2D eigenvalue weighted by Crippen LogP contribution is -2.21. The van der Waals surface area contributed by atoms with Crippen LogP contribution >= 0.6 is 0 Å². The van der Waals surface area contributed by atoms with Crippen molar-refractivity contribution in [3.8, 4) is 33.9 Å². The third-order valence-corrected chi connectivity index (χ3v) is 6.35. The predicted octanol–water partition coefficient (Wildman–Crippen LogP) is 7.35. The average molecular weight is 481 g/mol. The van der Waals surface area contributed by atoms with E-state index in [1.165, 1.54) is 5.69 Å². The van der Waals surface area contributed by atoms with Crippen LogP contribution in [0.25, 0.3) is 40.0 Å². The highest BCUT2D eigenvalue weighted by molar-refractivity contribution is 5.82. The first-order valence-corrected chi connectivity index (χ1v) is 12.7. The van der Waals surface area contributed by atoms with Crippen LogP contribution in [0.2, 0.25) is 0 Å². The van der Waals surface area contributed by atoms with Crippen LogP contribution in [-0.4, -0.2) is 43.3 Å². The van der Waals surface area contributed by atoms with Crippen LogP contribution in [0.5, 0.6) is 0 Å².